The Morgan fingerprint density at radius 2 is 0.762 bits per heavy atom. The van der Waals surface area contributed by atoms with Crippen LogP contribution >= 0.6 is 14.5 Å². The standard InChI is InChI=1S/C39H33OP.C37H27OP.2CH4.2Os/c1-4-15-32-22-24-33(25-23-32)26-27-35(28-36-30-40-29-34(36)5-2)31(3)41(37-16-9-6-10-17-37,38-18-11-7-12-19-38)39-20-13-8-14-21-39;1-4-31-20-22-32(23-21-31)24-25-33(26-34-28-38-27-29(34)2)30(3)39(35-14-8-5-9-15-35,36-16-10-6-11-17-36)37-18-12-7-13-19-37;;;;/h4,6-27H,29-30H2,1-2H3;1-2,5-25H,27-28H2;2*1H4;;/q2*-1;;;;/b15-4+,27-26+,35-31?;25-24+,33-30?;;;;. The van der Waals surface area contributed by atoms with Gasteiger partial charge < -0.3 is 0 Å². The Bertz CT molecular complexity index is 3680. The molecule has 2 aliphatic heterocycles. The molecule has 0 amide bonds. The van der Waals surface area contributed by atoms with Gasteiger partial charge in [-0.3, -0.25) is 0 Å². The predicted molar refractivity (Wildman–Crippen MR) is 355 cm³/mol. The Kier molecular flexibility index (Phi) is 24.5. The van der Waals surface area contributed by atoms with Crippen LogP contribution in [0.2, 0.25) is 0 Å². The summed E-state index contributed by atoms with van der Waals surface area (Å²) in [6.07, 6.45) is 29.2. The van der Waals surface area contributed by atoms with Gasteiger partial charge in [0.1, 0.15) is 0 Å². The molecule has 0 bridgehead atoms. The van der Waals surface area contributed by atoms with Gasteiger partial charge in [0.05, 0.1) is 0 Å². The summed E-state index contributed by atoms with van der Waals surface area (Å²) >= 11 is 3.53. The summed E-state index contributed by atoms with van der Waals surface area (Å²) in [5.41, 5.74) is 9.88. The fourth-order valence-corrected chi connectivity index (χ4v) is 21.6. The number of rotatable bonds is 15. The van der Waals surface area contributed by atoms with Crippen LogP contribution in [0.1, 0.15) is 51.0 Å². The van der Waals surface area contributed by atoms with Crippen LogP contribution in [0.4, 0.5) is 0 Å². The Hall–Kier alpha value is -7.41. The Balaban J connectivity index is 0.000000236. The van der Waals surface area contributed by atoms with Crippen molar-refractivity contribution >= 4 is 64.6 Å². The zero-order chi connectivity index (χ0) is 57.0. The van der Waals surface area contributed by atoms with E-state index in [1.165, 1.54) is 37.4 Å². The van der Waals surface area contributed by atoms with Crippen molar-refractivity contribution in [1.82, 2.24) is 0 Å². The van der Waals surface area contributed by atoms with Crippen molar-refractivity contribution < 1.29 is 45.4 Å². The summed E-state index contributed by atoms with van der Waals surface area (Å²) < 4.78 is 19.0. The van der Waals surface area contributed by atoms with E-state index in [4.69, 9.17) is 22.5 Å². The van der Waals surface area contributed by atoms with Crippen molar-refractivity contribution in [3.63, 3.8) is 0 Å². The molecule has 6 heteroatoms. The molecule has 0 radical (unpaired) electrons. The topological polar surface area (TPSA) is 18.5 Å². The summed E-state index contributed by atoms with van der Waals surface area (Å²) in [7, 11) is -4.77. The number of terminal acetylenes is 1. The summed E-state index contributed by atoms with van der Waals surface area (Å²) in [5.74, 6) is 2.69. The molecule has 2 fully saturated rings. The van der Waals surface area contributed by atoms with Gasteiger partial charge in [-0.25, -0.2) is 0 Å². The first-order chi connectivity index (χ1) is 40.4. The van der Waals surface area contributed by atoms with E-state index < -0.39 is 14.5 Å². The zero-order valence-corrected chi connectivity index (χ0v) is 52.7. The van der Waals surface area contributed by atoms with Gasteiger partial charge in [0.25, 0.3) is 0 Å². The van der Waals surface area contributed by atoms with Gasteiger partial charge in [-0.05, 0) is 0 Å². The monoisotopic (exact) mass is 1480 g/mol. The van der Waals surface area contributed by atoms with Crippen molar-refractivity contribution in [2.75, 3.05) is 26.4 Å². The van der Waals surface area contributed by atoms with E-state index in [1.54, 1.807) is 35.9 Å². The number of benzene rings is 8. The molecule has 0 N–H and O–H groups in total. The normalized spacial score (nSPS) is 15.3. The molecular weight excluding hydrogens is 1410 g/mol. The molecule has 420 valence electrons. The molecule has 0 saturated carbocycles. The molecule has 2 aliphatic rings. The maximum atomic E-state index is 6.37. The van der Waals surface area contributed by atoms with Gasteiger partial charge >= 0.3 is 511 Å². The van der Waals surface area contributed by atoms with Crippen molar-refractivity contribution in [3.8, 4) is 21.1 Å². The van der Waals surface area contributed by atoms with E-state index in [2.05, 4.69) is 276 Å². The Labute approximate surface area is 522 Å². The van der Waals surface area contributed by atoms with Gasteiger partial charge in [0.2, 0.25) is 0 Å². The predicted octanol–water partition coefficient (Wildman–Crippen LogP) is 15.8. The molecule has 0 spiro atoms. The van der Waals surface area contributed by atoms with Gasteiger partial charge in [-0.2, -0.15) is 0 Å². The summed E-state index contributed by atoms with van der Waals surface area (Å²) in [5, 5.41) is 9.84. The number of hydrogen-bond acceptors (Lipinski definition) is 2. The number of ether oxygens (including phenoxy) is 2. The number of allylic oxidation sites excluding steroid dienone is 10. The van der Waals surface area contributed by atoms with E-state index in [1.807, 2.05) is 38.1 Å². The van der Waals surface area contributed by atoms with Crippen LogP contribution in [-0.2, 0) is 45.4 Å². The molecular formula is C78H68O2Os2P2-2. The first-order valence-corrected chi connectivity index (χ1v) is 33.0. The first-order valence-electron chi connectivity index (χ1n) is 26.9. The minimum atomic E-state index is -2.40. The van der Waals surface area contributed by atoms with Crippen LogP contribution < -0.4 is 31.8 Å². The molecule has 8 aromatic rings. The van der Waals surface area contributed by atoms with Crippen LogP contribution in [0.3, 0.4) is 0 Å². The van der Waals surface area contributed by atoms with Gasteiger partial charge in [0.15, 0.2) is 0 Å². The van der Waals surface area contributed by atoms with Crippen molar-refractivity contribution in [1.29, 1.82) is 0 Å². The second kappa shape index (κ2) is 32.0. The van der Waals surface area contributed by atoms with Gasteiger partial charge in [-0.1, -0.05) is 14.9 Å². The van der Waals surface area contributed by atoms with Gasteiger partial charge in [-0.15, -0.1) is 0 Å². The third-order valence-corrected chi connectivity index (χ3v) is 24.8. The van der Waals surface area contributed by atoms with Crippen molar-refractivity contribution in [2.24, 2.45) is 0 Å². The molecule has 0 unspecified atom stereocenters. The second-order valence-corrected chi connectivity index (χ2v) is 27.0. The Morgan fingerprint density at radius 1 is 0.452 bits per heavy atom. The summed E-state index contributed by atoms with van der Waals surface area (Å²) in [6.45, 7) is 12.3. The molecule has 2 saturated heterocycles. The van der Waals surface area contributed by atoms with E-state index in [9.17, 15) is 0 Å². The van der Waals surface area contributed by atoms with Crippen LogP contribution in [0.25, 0.3) is 18.2 Å². The van der Waals surface area contributed by atoms with Crippen LogP contribution in [0, 0.1) is 45.9 Å². The molecule has 0 atom stereocenters. The molecule has 0 aliphatic carbocycles. The molecule has 0 aromatic heterocycles. The van der Waals surface area contributed by atoms with Crippen LogP contribution in [0.5, 0.6) is 0 Å². The van der Waals surface area contributed by atoms with Crippen molar-refractivity contribution in [3.05, 3.63) is 340 Å². The zero-order valence-electron chi connectivity index (χ0n) is 45.8. The molecule has 8 aromatic carbocycles. The SMILES string of the molecule is C.C.C#Cc1ccc(/C=C/C([C-]=C2COCC2=[CH-])=C([C]#[Os])[P+](c2ccccc2)(c2ccccc2)c2ccccc2)cc1.C[C-]=C1COCC1=[C-]C(/C=C/c1ccc(/C=C/C)cc1)=C([C]#[Os])[P+](c1ccccc1)(c1ccccc1)c1ccccc1. The average Bonchev–Trinajstić information content (AvgIpc) is 1.30. The van der Waals surface area contributed by atoms with E-state index >= 15 is 0 Å². The molecule has 84 heavy (non-hydrogen) atoms. The number of hydrogen-bond donors (Lipinski definition) is 0. The first kappa shape index (κ1) is 64.2. The minimum absolute atomic E-state index is 0. The third kappa shape index (κ3) is 14.7. The molecule has 2 nitrogen and oxygen atoms in total. The maximum absolute atomic E-state index is 6.37. The van der Waals surface area contributed by atoms with Gasteiger partial charge in [0, 0.05) is 0 Å². The van der Waals surface area contributed by atoms with E-state index in [-0.39, 0.29) is 14.9 Å². The average molecular weight is 1480 g/mol. The Morgan fingerprint density at radius 3 is 1.07 bits per heavy atom. The fraction of sp³-hybridized carbons (Fsp3) is 0.103. The second-order valence-electron chi connectivity index (χ2n) is 19.1. The quantitative estimate of drug-likeness (QED) is 0.0441. The molecule has 10 rings (SSSR count). The summed E-state index contributed by atoms with van der Waals surface area (Å²) in [6, 6.07) is 81.7. The van der Waals surface area contributed by atoms with Crippen molar-refractivity contribution in [2.45, 2.75) is 28.7 Å². The van der Waals surface area contributed by atoms with E-state index in [0.29, 0.717) is 32.0 Å². The molecule has 2 heterocycles. The van der Waals surface area contributed by atoms with E-state index in [0.717, 1.165) is 55.2 Å². The third-order valence-electron chi connectivity index (χ3n) is 14.1. The summed E-state index contributed by atoms with van der Waals surface area (Å²) in [4.78, 5) is 0. The van der Waals surface area contributed by atoms with Crippen LogP contribution in [-0.4, -0.2) is 26.4 Å². The fourth-order valence-electron chi connectivity index (χ4n) is 10.1. The van der Waals surface area contributed by atoms with Crippen LogP contribution in [0.15, 0.2) is 293 Å².